The molecule has 0 spiro atoms. The molecule has 2 rings (SSSR count). The summed E-state index contributed by atoms with van der Waals surface area (Å²) >= 11 is 6.51. The first kappa shape index (κ1) is 23.6. The largest absolute Gasteiger partial charge is 0.490 e. The molecule has 0 amide bonds. The molecule has 0 atom stereocenters. The van der Waals surface area contributed by atoms with E-state index in [-0.39, 0.29) is 17.9 Å². The molecule has 1 N–H and O–H groups in total. The van der Waals surface area contributed by atoms with Crippen molar-refractivity contribution in [3.8, 4) is 11.5 Å². The zero-order valence-corrected chi connectivity index (χ0v) is 18.5. The molecule has 27 heavy (non-hydrogen) atoms. The highest BCUT2D eigenvalue weighted by Gasteiger charge is 2.16. The quantitative estimate of drug-likeness (QED) is 0.522. The zero-order chi connectivity index (χ0) is 19.2. The molecule has 0 aliphatic heterocycles. The van der Waals surface area contributed by atoms with Crippen molar-refractivity contribution in [3.05, 3.63) is 58.1 Å². The van der Waals surface area contributed by atoms with Gasteiger partial charge in [0.25, 0.3) is 0 Å². The molecule has 0 bridgehead atoms. The third-order valence-electron chi connectivity index (χ3n) is 4.53. The Labute approximate surface area is 174 Å². The van der Waals surface area contributed by atoms with E-state index in [1.807, 2.05) is 19.1 Å². The zero-order valence-electron chi connectivity index (χ0n) is 16.9. The fourth-order valence-electron chi connectivity index (χ4n) is 2.43. The summed E-state index contributed by atoms with van der Waals surface area (Å²) in [5.41, 5.74) is 3.50. The lowest BCUT2D eigenvalue weighted by Gasteiger charge is -2.25. The van der Waals surface area contributed by atoms with Gasteiger partial charge in [0, 0.05) is 12.1 Å². The number of benzene rings is 2. The van der Waals surface area contributed by atoms with Gasteiger partial charge in [-0.15, -0.1) is 12.4 Å². The summed E-state index contributed by atoms with van der Waals surface area (Å²) in [5, 5.41) is 4.13. The van der Waals surface area contributed by atoms with Crippen molar-refractivity contribution in [2.75, 3.05) is 6.61 Å². The summed E-state index contributed by atoms with van der Waals surface area (Å²) in [6.45, 7) is 12.3. The normalized spacial score (nSPS) is 11.0. The van der Waals surface area contributed by atoms with Crippen LogP contribution >= 0.6 is 24.0 Å². The van der Waals surface area contributed by atoms with E-state index < -0.39 is 0 Å². The van der Waals surface area contributed by atoms with E-state index in [1.165, 1.54) is 5.56 Å². The van der Waals surface area contributed by atoms with Crippen molar-refractivity contribution >= 4 is 24.0 Å². The van der Waals surface area contributed by atoms with Crippen LogP contribution in [0.25, 0.3) is 0 Å². The average molecular weight is 412 g/mol. The van der Waals surface area contributed by atoms with E-state index in [2.05, 4.69) is 57.3 Å². The molecule has 0 unspecified atom stereocenters. The molecule has 2 aromatic rings. The average Bonchev–Trinajstić information content (AvgIpc) is 2.61. The highest BCUT2D eigenvalue weighted by molar-refractivity contribution is 6.32. The van der Waals surface area contributed by atoms with Gasteiger partial charge in [-0.25, -0.2) is 0 Å². The number of nitrogens with one attached hydrogen (secondary N) is 1. The molecule has 2 aromatic carbocycles. The van der Waals surface area contributed by atoms with Gasteiger partial charge in [0.05, 0.1) is 11.6 Å². The Morgan fingerprint density at radius 3 is 2.26 bits per heavy atom. The van der Waals surface area contributed by atoms with E-state index in [1.54, 1.807) is 0 Å². The number of hydrogen-bond acceptors (Lipinski definition) is 3. The van der Waals surface area contributed by atoms with Crippen LogP contribution in [0.5, 0.6) is 11.5 Å². The van der Waals surface area contributed by atoms with Gasteiger partial charge in [-0.2, -0.15) is 0 Å². The van der Waals surface area contributed by atoms with Crippen molar-refractivity contribution in [2.45, 2.75) is 59.7 Å². The van der Waals surface area contributed by atoms with Crippen molar-refractivity contribution in [2.24, 2.45) is 0 Å². The van der Waals surface area contributed by atoms with E-state index in [4.69, 9.17) is 21.1 Å². The Morgan fingerprint density at radius 1 is 1.00 bits per heavy atom. The Bertz CT molecular complexity index is 715. The lowest BCUT2D eigenvalue weighted by Crippen LogP contribution is -2.37. The monoisotopic (exact) mass is 411 g/mol. The van der Waals surface area contributed by atoms with Gasteiger partial charge >= 0.3 is 0 Å². The van der Waals surface area contributed by atoms with E-state index >= 15 is 0 Å². The number of hydrogen-bond donors (Lipinski definition) is 1. The summed E-state index contributed by atoms with van der Waals surface area (Å²) in [7, 11) is 0. The van der Waals surface area contributed by atoms with Gasteiger partial charge in [0.15, 0.2) is 11.5 Å². The third-order valence-corrected chi connectivity index (χ3v) is 4.81. The van der Waals surface area contributed by atoms with E-state index in [9.17, 15) is 0 Å². The van der Waals surface area contributed by atoms with Gasteiger partial charge in [0.1, 0.15) is 6.61 Å². The molecule has 0 aliphatic carbocycles. The highest BCUT2D eigenvalue weighted by atomic mass is 35.5. The maximum absolute atomic E-state index is 6.51. The van der Waals surface area contributed by atoms with Crippen LogP contribution in [0, 0.1) is 6.92 Å². The molecule has 0 radical (unpaired) electrons. The highest BCUT2D eigenvalue weighted by Crippen LogP contribution is 2.37. The fraction of sp³-hybridized carbons (Fsp3) is 0.455. The smallest absolute Gasteiger partial charge is 0.180 e. The molecular formula is C22H31Cl2NO2. The molecule has 3 nitrogen and oxygen atoms in total. The molecular weight excluding hydrogens is 381 g/mol. The summed E-state index contributed by atoms with van der Waals surface area (Å²) in [6.07, 6.45) is 1.05. The van der Waals surface area contributed by atoms with Gasteiger partial charge in [0.2, 0.25) is 0 Å². The first-order chi connectivity index (χ1) is 12.3. The standard InChI is InChI=1S/C22H30ClNO2.ClH/c1-6-22(4,5)24-14-18-12-19(23)21(20(13-18)25-7-2)26-15-17-10-8-16(3)9-11-17;/h8-13,24H,6-7,14-15H2,1-5H3;1H. The summed E-state index contributed by atoms with van der Waals surface area (Å²) in [4.78, 5) is 0. The lowest BCUT2D eigenvalue weighted by atomic mass is 10.0. The molecule has 0 aromatic heterocycles. The predicted octanol–water partition coefficient (Wildman–Crippen LogP) is 6.33. The Kier molecular flexibility index (Phi) is 9.44. The number of halogens is 2. The predicted molar refractivity (Wildman–Crippen MR) is 117 cm³/mol. The van der Waals surface area contributed by atoms with Crippen LogP contribution in [0.4, 0.5) is 0 Å². The van der Waals surface area contributed by atoms with Crippen LogP contribution in [-0.2, 0) is 13.2 Å². The molecule has 0 aliphatic rings. The molecule has 0 saturated carbocycles. The lowest BCUT2D eigenvalue weighted by molar-refractivity contribution is 0.269. The minimum absolute atomic E-state index is 0. The first-order valence-corrected chi connectivity index (χ1v) is 9.61. The maximum Gasteiger partial charge on any atom is 0.180 e. The molecule has 0 saturated heterocycles. The molecule has 0 heterocycles. The Balaban J connectivity index is 0.00000364. The molecule has 0 fully saturated rings. The van der Waals surface area contributed by atoms with Gasteiger partial charge in [-0.05, 0) is 57.4 Å². The maximum atomic E-state index is 6.51. The number of aryl methyl sites for hydroxylation is 1. The second kappa shape index (κ2) is 10.8. The van der Waals surface area contributed by atoms with Crippen LogP contribution in [0.15, 0.2) is 36.4 Å². The van der Waals surface area contributed by atoms with Crippen LogP contribution < -0.4 is 14.8 Å². The van der Waals surface area contributed by atoms with Gasteiger partial charge in [-0.1, -0.05) is 48.4 Å². The van der Waals surface area contributed by atoms with Crippen LogP contribution in [-0.4, -0.2) is 12.1 Å². The second-order valence-electron chi connectivity index (χ2n) is 7.20. The van der Waals surface area contributed by atoms with Crippen molar-refractivity contribution in [1.82, 2.24) is 5.32 Å². The summed E-state index contributed by atoms with van der Waals surface area (Å²) in [6, 6.07) is 12.2. The van der Waals surface area contributed by atoms with Crippen LogP contribution in [0.2, 0.25) is 5.02 Å². The van der Waals surface area contributed by atoms with Crippen LogP contribution in [0.1, 0.15) is 50.8 Å². The topological polar surface area (TPSA) is 30.5 Å². The Morgan fingerprint density at radius 2 is 1.67 bits per heavy atom. The minimum Gasteiger partial charge on any atom is -0.490 e. The minimum atomic E-state index is 0. The fourth-order valence-corrected chi connectivity index (χ4v) is 2.72. The SMILES string of the molecule is CCOc1cc(CNC(C)(C)CC)cc(Cl)c1OCc1ccc(C)cc1.Cl. The first-order valence-electron chi connectivity index (χ1n) is 9.23. The summed E-state index contributed by atoms with van der Waals surface area (Å²) in [5.74, 6) is 1.30. The number of ether oxygens (including phenoxy) is 2. The second-order valence-corrected chi connectivity index (χ2v) is 7.61. The molecule has 5 heteroatoms. The third kappa shape index (κ3) is 7.25. The molecule has 150 valence electrons. The number of rotatable bonds is 9. The summed E-state index contributed by atoms with van der Waals surface area (Å²) < 4.78 is 11.8. The van der Waals surface area contributed by atoms with E-state index in [0.29, 0.717) is 29.7 Å². The van der Waals surface area contributed by atoms with Crippen molar-refractivity contribution < 1.29 is 9.47 Å². The van der Waals surface area contributed by atoms with E-state index in [0.717, 1.165) is 24.1 Å². The van der Waals surface area contributed by atoms with Gasteiger partial charge in [-0.3, -0.25) is 0 Å². The van der Waals surface area contributed by atoms with Crippen LogP contribution in [0.3, 0.4) is 0 Å². The van der Waals surface area contributed by atoms with Crippen molar-refractivity contribution in [3.63, 3.8) is 0 Å². The van der Waals surface area contributed by atoms with Crippen molar-refractivity contribution in [1.29, 1.82) is 0 Å². The Hall–Kier alpha value is -1.42. The van der Waals surface area contributed by atoms with Gasteiger partial charge < -0.3 is 14.8 Å².